The van der Waals surface area contributed by atoms with Crippen molar-refractivity contribution in [2.75, 3.05) is 6.61 Å². The van der Waals surface area contributed by atoms with Gasteiger partial charge in [0.15, 0.2) is 12.3 Å². The molecule has 1 heterocycles. The molecule has 5 nitrogen and oxygen atoms in total. The van der Waals surface area contributed by atoms with Gasteiger partial charge in [0.25, 0.3) is 5.91 Å². The lowest BCUT2D eigenvalue weighted by Crippen LogP contribution is -2.31. The van der Waals surface area contributed by atoms with E-state index in [2.05, 4.69) is 10.3 Å². The summed E-state index contributed by atoms with van der Waals surface area (Å²) in [5.74, 6) is -1.41. The molecule has 0 radical (unpaired) electrons. The first-order chi connectivity index (χ1) is 13.8. The Kier molecular flexibility index (Phi) is 6.39. The number of carbonyl (C=O) groups is 2. The molecule has 0 saturated heterocycles. The Morgan fingerprint density at radius 1 is 1.14 bits per heavy atom. The summed E-state index contributed by atoms with van der Waals surface area (Å²) < 4.78 is 18.1. The molecule has 0 aliphatic rings. The molecule has 1 aromatic heterocycles. The van der Waals surface area contributed by atoms with Crippen LogP contribution >= 0.6 is 11.3 Å². The van der Waals surface area contributed by atoms with Gasteiger partial charge < -0.3 is 10.1 Å². The molecule has 0 saturated carbocycles. The molecule has 3 aromatic rings. The number of carbonyl (C=O) groups excluding carboxylic acids is 2. The van der Waals surface area contributed by atoms with Gasteiger partial charge in [-0.3, -0.25) is 4.79 Å². The van der Waals surface area contributed by atoms with Crippen LogP contribution in [-0.4, -0.2) is 23.5 Å². The molecule has 1 atom stereocenters. The average molecular weight is 412 g/mol. The number of esters is 1. The monoisotopic (exact) mass is 412 g/mol. The predicted molar refractivity (Wildman–Crippen MR) is 110 cm³/mol. The van der Waals surface area contributed by atoms with E-state index in [-0.39, 0.29) is 17.6 Å². The Morgan fingerprint density at radius 2 is 1.86 bits per heavy atom. The molecule has 0 aliphatic carbocycles. The molecule has 0 bridgehead atoms. The van der Waals surface area contributed by atoms with Crippen molar-refractivity contribution in [1.29, 1.82) is 0 Å². The fourth-order valence-corrected chi connectivity index (χ4v) is 3.49. The smallest absolute Gasteiger partial charge is 0.358 e. The maximum absolute atomic E-state index is 13.0. The van der Waals surface area contributed by atoms with E-state index in [9.17, 15) is 14.0 Å². The number of ether oxygens (including phenoxy) is 1. The second-order valence-electron chi connectivity index (χ2n) is 6.75. The van der Waals surface area contributed by atoms with Crippen molar-refractivity contribution in [2.45, 2.75) is 26.8 Å². The minimum absolute atomic E-state index is 0.115. The van der Waals surface area contributed by atoms with Gasteiger partial charge in [0.05, 0.1) is 6.04 Å². The zero-order chi connectivity index (χ0) is 21.0. The number of hydrogen-bond donors (Lipinski definition) is 1. The zero-order valence-electron chi connectivity index (χ0n) is 16.4. The van der Waals surface area contributed by atoms with Gasteiger partial charge >= 0.3 is 5.97 Å². The number of thiazole rings is 1. The van der Waals surface area contributed by atoms with Gasteiger partial charge in [-0.1, -0.05) is 18.2 Å². The summed E-state index contributed by atoms with van der Waals surface area (Å²) in [6.45, 7) is 5.53. The molecule has 0 spiro atoms. The Balaban J connectivity index is 1.54. The third kappa shape index (κ3) is 5.26. The van der Waals surface area contributed by atoms with Crippen molar-refractivity contribution in [3.8, 4) is 10.6 Å². The van der Waals surface area contributed by atoms with Gasteiger partial charge in [-0.05, 0) is 61.7 Å². The van der Waals surface area contributed by atoms with Gasteiger partial charge in [-0.2, -0.15) is 0 Å². The van der Waals surface area contributed by atoms with E-state index in [4.69, 9.17) is 4.74 Å². The standard InChI is InChI=1S/C22H21FN2O3S/c1-13-4-5-17(10-14(13)2)15(3)24-20(26)11-28-22(27)19-12-29-21(25-19)16-6-8-18(23)9-7-16/h4-10,12,15H,11H2,1-3H3,(H,24,26)/t15-/m1/s1. The molecule has 0 aliphatic heterocycles. The number of nitrogens with zero attached hydrogens (tertiary/aromatic N) is 1. The van der Waals surface area contributed by atoms with E-state index in [0.29, 0.717) is 10.6 Å². The van der Waals surface area contributed by atoms with Crippen LogP contribution in [0.3, 0.4) is 0 Å². The molecule has 0 unspecified atom stereocenters. The van der Waals surface area contributed by atoms with E-state index in [0.717, 1.165) is 11.1 Å². The molecule has 0 fully saturated rings. The van der Waals surface area contributed by atoms with Crippen LogP contribution in [0.2, 0.25) is 0 Å². The minimum atomic E-state index is -0.677. The fourth-order valence-electron chi connectivity index (χ4n) is 2.70. The molecule has 1 amide bonds. The highest BCUT2D eigenvalue weighted by Gasteiger charge is 2.16. The molecule has 150 valence electrons. The number of hydrogen-bond acceptors (Lipinski definition) is 5. The third-order valence-electron chi connectivity index (χ3n) is 4.55. The Hall–Kier alpha value is -3.06. The van der Waals surface area contributed by atoms with Crippen LogP contribution in [0.4, 0.5) is 4.39 Å². The molecular weight excluding hydrogens is 391 g/mol. The summed E-state index contributed by atoms with van der Waals surface area (Å²) in [6.07, 6.45) is 0. The Morgan fingerprint density at radius 3 is 2.55 bits per heavy atom. The van der Waals surface area contributed by atoms with Crippen LogP contribution in [0.1, 0.15) is 40.1 Å². The number of aryl methyl sites for hydroxylation is 2. The number of halogens is 1. The van der Waals surface area contributed by atoms with Crippen LogP contribution in [-0.2, 0) is 9.53 Å². The van der Waals surface area contributed by atoms with Crippen molar-refractivity contribution in [1.82, 2.24) is 10.3 Å². The summed E-state index contributed by atoms with van der Waals surface area (Å²) in [6, 6.07) is 11.6. The topological polar surface area (TPSA) is 68.3 Å². The highest BCUT2D eigenvalue weighted by atomic mass is 32.1. The van der Waals surface area contributed by atoms with Crippen LogP contribution in [0, 0.1) is 19.7 Å². The lowest BCUT2D eigenvalue weighted by Gasteiger charge is -2.15. The summed E-state index contributed by atoms with van der Waals surface area (Å²) >= 11 is 1.25. The quantitative estimate of drug-likeness (QED) is 0.601. The number of rotatable bonds is 6. The largest absolute Gasteiger partial charge is 0.451 e. The number of amides is 1. The first-order valence-corrected chi connectivity index (χ1v) is 9.96. The first kappa shape index (κ1) is 20.7. The van der Waals surface area contributed by atoms with Crippen molar-refractivity contribution in [2.24, 2.45) is 0 Å². The fraction of sp³-hybridized carbons (Fsp3) is 0.227. The van der Waals surface area contributed by atoms with Crippen LogP contribution < -0.4 is 5.32 Å². The van der Waals surface area contributed by atoms with E-state index in [1.807, 2.05) is 39.0 Å². The lowest BCUT2D eigenvalue weighted by atomic mass is 10.0. The van der Waals surface area contributed by atoms with E-state index in [1.165, 1.54) is 29.0 Å². The summed E-state index contributed by atoms with van der Waals surface area (Å²) in [5.41, 5.74) is 4.14. The molecule has 29 heavy (non-hydrogen) atoms. The second-order valence-corrected chi connectivity index (χ2v) is 7.61. The molecule has 1 N–H and O–H groups in total. The number of benzene rings is 2. The van der Waals surface area contributed by atoms with Crippen LogP contribution in [0.25, 0.3) is 10.6 Å². The minimum Gasteiger partial charge on any atom is -0.451 e. The second kappa shape index (κ2) is 8.96. The van der Waals surface area contributed by atoms with E-state index < -0.39 is 18.5 Å². The highest BCUT2D eigenvalue weighted by molar-refractivity contribution is 7.13. The summed E-state index contributed by atoms with van der Waals surface area (Å²) in [5, 5.41) is 4.94. The maximum Gasteiger partial charge on any atom is 0.358 e. The summed E-state index contributed by atoms with van der Waals surface area (Å²) in [4.78, 5) is 28.5. The van der Waals surface area contributed by atoms with Crippen molar-refractivity contribution in [3.63, 3.8) is 0 Å². The Bertz CT molecular complexity index is 1030. The zero-order valence-corrected chi connectivity index (χ0v) is 17.2. The van der Waals surface area contributed by atoms with Gasteiger partial charge in [-0.15, -0.1) is 11.3 Å². The van der Waals surface area contributed by atoms with Gasteiger partial charge in [-0.25, -0.2) is 14.2 Å². The Labute approximate surface area is 172 Å². The normalized spacial score (nSPS) is 11.7. The predicted octanol–water partition coefficient (Wildman–Crippen LogP) is 4.60. The lowest BCUT2D eigenvalue weighted by molar-refractivity contribution is -0.124. The molecule has 3 rings (SSSR count). The SMILES string of the molecule is Cc1ccc([C@@H](C)NC(=O)COC(=O)c2csc(-c3ccc(F)cc3)n2)cc1C. The maximum atomic E-state index is 13.0. The average Bonchev–Trinajstić information content (AvgIpc) is 3.19. The number of nitrogens with one attached hydrogen (secondary N) is 1. The van der Waals surface area contributed by atoms with Crippen molar-refractivity contribution < 1.29 is 18.7 Å². The molecule has 7 heteroatoms. The molecular formula is C22H21FN2O3S. The van der Waals surface area contributed by atoms with Crippen molar-refractivity contribution >= 4 is 23.2 Å². The van der Waals surface area contributed by atoms with Crippen LogP contribution in [0.5, 0.6) is 0 Å². The molecule has 2 aromatic carbocycles. The van der Waals surface area contributed by atoms with Crippen molar-refractivity contribution in [3.05, 3.63) is 76.0 Å². The van der Waals surface area contributed by atoms with Gasteiger partial charge in [0, 0.05) is 10.9 Å². The van der Waals surface area contributed by atoms with Gasteiger partial charge in [0.2, 0.25) is 0 Å². The summed E-state index contributed by atoms with van der Waals surface area (Å²) in [7, 11) is 0. The highest BCUT2D eigenvalue weighted by Crippen LogP contribution is 2.24. The van der Waals surface area contributed by atoms with Crippen LogP contribution in [0.15, 0.2) is 47.8 Å². The van der Waals surface area contributed by atoms with E-state index >= 15 is 0 Å². The van der Waals surface area contributed by atoms with E-state index in [1.54, 1.807) is 17.5 Å². The van der Waals surface area contributed by atoms with Gasteiger partial charge in [0.1, 0.15) is 10.8 Å². The third-order valence-corrected chi connectivity index (χ3v) is 5.44. The first-order valence-electron chi connectivity index (χ1n) is 9.08. The number of aromatic nitrogens is 1.